The van der Waals surface area contributed by atoms with Crippen LogP contribution >= 0.6 is 11.3 Å². The van der Waals surface area contributed by atoms with Gasteiger partial charge in [-0.2, -0.15) is 0 Å². The number of amides is 1. The van der Waals surface area contributed by atoms with Crippen LogP contribution in [0, 0.1) is 0 Å². The zero-order chi connectivity index (χ0) is 17.1. The Bertz CT molecular complexity index is 710. The van der Waals surface area contributed by atoms with Crippen molar-refractivity contribution in [2.24, 2.45) is 0 Å². The smallest absolute Gasteiger partial charge is 0.273 e. The molecule has 2 aliphatic rings. The molecule has 4 heterocycles. The standard InChI is InChI=1S/C18H21N3O3S/c22-17(16-11-25-13-20-16)21-6-2-4-18(12-21)7-15(10-24-18)23-9-14-3-1-5-19-8-14/h1,3,5,8,11,13,15H,2,4,6-7,9-10,12H2/t15-,18+/m1/s1. The Morgan fingerprint density at radius 2 is 2.48 bits per heavy atom. The summed E-state index contributed by atoms with van der Waals surface area (Å²) in [5, 5.41) is 1.80. The van der Waals surface area contributed by atoms with Crippen molar-refractivity contribution in [1.29, 1.82) is 0 Å². The zero-order valence-corrected chi connectivity index (χ0v) is 14.8. The molecule has 1 spiro atoms. The van der Waals surface area contributed by atoms with Crippen molar-refractivity contribution in [3.63, 3.8) is 0 Å². The van der Waals surface area contributed by atoms with E-state index in [1.165, 1.54) is 11.3 Å². The molecule has 0 N–H and O–H groups in total. The van der Waals surface area contributed by atoms with E-state index in [4.69, 9.17) is 9.47 Å². The Morgan fingerprint density at radius 1 is 1.52 bits per heavy atom. The predicted molar refractivity (Wildman–Crippen MR) is 93.4 cm³/mol. The fourth-order valence-corrected chi connectivity index (χ4v) is 4.17. The Balaban J connectivity index is 1.35. The van der Waals surface area contributed by atoms with Gasteiger partial charge in [0.25, 0.3) is 5.91 Å². The summed E-state index contributed by atoms with van der Waals surface area (Å²) >= 11 is 1.45. The molecule has 2 saturated heterocycles. The van der Waals surface area contributed by atoms with E-state index in [1.807, 2.05) is 23.2 Å². The molecule has 2 aromatic heterocycles. The number of ether oxygens (including phenoxy) is 2. The Labute approximate surface area is 150 Å². The first-order chi connectivity index (χ1) is 12.2. The molecule has 0 bridgehead atoms. The monoisotopic (exact) mass is 359 g/mol. The summed E-state index contributed by atoms with van der Waals surface area (Å²) in [5.74, 6) is 0.00338. The molecule has 6 nitrogen and oxygen atoms in total. The molecule has 4 rings (SSSR count). The molecular formula is C18H21N3O3S. The van der Waals surface area contributed by atoms with E-state index in [-0.39, 0.29) is 17.6 Å². The van der Waals surface area contributed by atoms with Crippen molar-refractivity contribution in [1.82, 2.24) is 14.9 Å². The van der Waals surface area contributed by atoms with Crippen LogP contribution in [0.2, 0.25) is 0 Å². The van der Waals surface area contributed by atoms with Gasteiger partial charge in [0.15, 0.2) is 0 Å². The van der Waals surface area contributed by atoms with Crippen molar-refractivity contribution in [3.05, 3.63) is 46.7 Å². The Morgan fingerprint density at radius 3 is 3.28 bits per heavy atom. The summed E-state index contributed by atoms with van der Waals surface area (Å²) in [6.07, 6.45) is 6.39. The van der Waals surface area contributed by atoms with E-state index in [2.05, 4.69) is 9.97 Å². The lowest BCUT2D eigenvalue weighted by atomic mass is 9.89. The van der Waals surface area contributed by atoms with Gasteiger partial charge in [0.2, 0.25) is 0 Å². The van der Waals surface area contributed by atoms with Gasteiger partial charge in [-0.25, -0.2) is 4.98 Å². The summed E-state index contributed by atoms with van der Waals surface area (Å²) < 4.78 is 12.1. The van der Waals surface area contributed by atoms with Crippen molar-refractivity contribution in [2.45, 2.75) is 37.6 Å². The molecular weight excluding hydrogens is 338 g/mol. The Hall–Kier alpha value is -1.83. The van der Waals surface area contributed by atoms with E-state index in [0.29, 0.717) is 25.5 Å². The highest BCUT2D eigenvalue weighted by atomic mass is 32.1. The molecule has 0 aromatic carbocycles. The minimum Gasteiger partial charge on any atom is -0.371 e. The van der Waals surface area contributed by atoms with Crippen molar-refractivity contribution in [3.8, 4) is 0 Å². The second-order valence-corrected chi connectivity index (χ2v) is 7.42. The van der Waals surface area contributed by atoms with Gasteiger partial charge in [-0.15, -0.1) is 11.3 Å². The average molecular weight is 359 g/mol. The number of likely N-dealkylation sites (tertiary alicyclic amines) is 1. The largest absolute Gasteiger partial charge is 0.371 e. The van der Waals surface area contributed by atoms with Gasteiger partial charge in [0.05, 0.1) is 37.0 Å². The second-order valence-electron chi connectivity index (χ2n) is 6.70. The minimum absolute atomic E-state index is 0.00338. The maximum Gasteiger partial charge on any atom is 0.273 e. The van der Waals surface area contributed by atoms with E-state index in [1.54, 1.807) is 17.1 Å². The number of carbonyl (C=O) groups is 1. The molecule has 0 unspecified atom stereocenters. The predicted octanol–water partition coefficient (Wildman–Crippen LogP) is 2.52. The number of rotatable bonds is 4. The summed E-state index contributed by atoms with van der Waals surface area (Å²) in [4.78, 5) is 22.7. The molecule has 0 radical (unpaired) electrons. The maximum atomic E-state index is 12.6. The molecule has 0 aliphatic carbocycles. The average Bonchev–Trinajstić information content (AvgIpc) is 3.31. The lowest BCUT2D eigenvalue weighted by Gasteiger charge is -2.39. The molecule has 2 aromatic rings. The molecule has 2 aliphatic heterocycles. The third-order valence-corrected chi connectivity index (χ3v) is 5.45. The molecule has 7 heteroatoms. The number of hydrogen-bond donors (Lipinski definition) is 0. The number of piperidine rings is 1. The van der Waals surface area contributed by atoms with Crippen molar-refractivity contribution < 1.29 is 14.3 Å². The second kappa shape index (κ2) is 7.19. The number of carbonyl (C=O) groups excluding carboxylic acids is 1. The number of aromatic nitrogens is 2. The van der Waals surface area contributed by atoms with Crippen LogP contribution in [0.5, 0.6) is 0 Å². The van der Waals surface area contributed by atoms with Gasteiger partial charge in [-0.3, -0.25) is 9.78 Å². The van der Waals surface area contributed by atoms with Crippen LogP contribution in [0.15, 0.2) is 35.4 Å². The summed E-state index contributed by atoms with van der Waals surface area (Å²) in [6.45, 7) is 2.51. The first-order valence-corrected chi connectivity index (χ1v) is 9.50. The van der Waals surface area contributed by atoms with Crippen LogP contribution in [0.3, 0.4) is 0 Å². The first kappa shape index (κ1) is 16.6. The van der Waals surface area contributed by atoms with Crippen molar-refractivity contribution >= 4 is 17.2 Å². The van der Waals surface area contributed by atoms with Crippen LogP contribution in [0.4, 0.5) is 0 Å². The third kappa shape index (κ3) is 3.73. The number of thiazole rings is 1. The van der Waals surface area contributed by atoms with Gasteiger partial charge >= 0.3 is 0 Å². The van der Waals surface area contributed by atoms with Gasteiger partial charge in [0, 0.05) is 30.7 Å². The van der Waals surface area contributed by atoms with Crippen LogP contribution < -0.4 is 0 Å². The van der Waals surface area contributed by atoms with Gasteiger partial charge in [-0.1, -0.05) is 6.07 Å². The number of hydrogen-bond acceptors (Lipinski definition) is 6. The Kier molecular flexibility index (Phi) is 4.78. The highest BCUT2D eigenvalue weighted by Gasteiger charge is 2.45. The van der Waals surface area contributed by atoms with E-state index in [9.17, 15) is 4.79 Å². The van der Waals surface area contributed by atoms with Gasteiger partial charge in [0.1, 0.15) is 5.69 Å². The molecule has 2 atom stereocenters. The molecule has 25 heavy (non-hydrogen) atoms. The SMILES string of the molecule is O=C(c1cscn1)N1CCC[C@]2(C[C@@H](OCc3cccnc3)CO2)C1. The summed E-state index contributed by atoms with van der Waals surface area (Å²) in [7, 11) is 0. The van der Waals surface area contributed by atoms with Crippen LogP contribution in [0.1, 0.15) is 35.3 Å². The summed E-state index contributed by atoms with van der Waals surface area (Å²) in [5.41, 5.74) is 3.02. The molecule has 0 saturated carbocycles. The minimum atomic E-state index is -0.274. The highest BCUT2D eigenvalue weighted by Crippen LogP contribution is 2.36. The molecule has 132 valence electrons. The fourth-order valence-electron chi connectivity index (χ4n) is 3.64. The highest BCUT2D eigenvalue weighted by molar-refractivity contribution is 7.07. The number of pyridine rings is 1. The van der Waals surface area contributed by atoms with E-state index in [0.717, 1.165) is 31.4 Å². The van der Waals surface area contributed by atoms with Crippen LogP contribution in [0.25, 0.3) is 0 Å². The van der Waals surface area contributed by atoms with E-state index < -0.39 is 0 Å². The maximum absolute atomic E-state index is 12.6. The first-order valence-electron chi connectivity index (χ1n) is 8.56. The third-order valence-electron chi connectivity index (χ3n) is 4.86. The normalized spacial score (nSPS) is 26.2. The van der Waals surface area contributed by atoms with Gasteiger partial charge in [-0.05, 0) is 24.5 Å². The zero-order valence-electron chi connectivity index (χ0n) is 14.0. The fraction of sp³-hybridized carbons (Fsp3) is 0.500. The van der Waals surface area contributed by atoms with Crippen LogP contribution in [-0.2, 0) is 16.1 Å². The van der Waals surface area contributed by atoms with Gasteiger partial charge < -0.3 is 14.4 Å². The van der Waals surface area contributed by atoms with E-state index >= 15 is 0 Å². The topological polar surface area (TPSA) is 64.6 Å². The lowest BCUT2D eigenvalue weighted by molar-refractivity contribution is -0.0467. The quantitative estimate of drug-likeness (QED) is 0.839. The summed E-state index contributed by atoms with van der Waals surface area (Å²) in [6, 6.07) is 3.92. The lowest BCUT2D eigenvalue weighted by Crippen LogP contribution is -2.50. The van der Waals surface area contributed by atoms with Crippen molar-refractivity contribution in [2.75, 3.05) is 19.7 Å². The molecule has 1 amide bonds. The van der Waals surface area contributed by atoms with Crippen LogP contribution in [-0.4, -0.2) is 52.2 Å². The number of nitrogens with zero attached hydrogens (tertiary/aromatic N) is 3. The molecule has 2 fully saturated rings.